The summed E-state index contributed by atoms with van der Waals surface area (Å²) in [5.74, 6) is 0.894. The summed E-state index contributed by atoms with van der Waals surface area (Å²) in [4.78, 5) is 18.0. The van der Waals surface area contributed by atoms with Crippen molar-refractivity contribution in [2.24, 2.45) is 4.99 Å². The number of hydrogen-bond acceptors (Lipinski definition) is 4. The molecular formula is C14H29N5O3S. The zero-order valence-electron chi connectivity index (χ0n) is 14.3. The Morgan fingerprint density at radius 2 is 2.09 bits per heavy atom. The summed E-state index contributed by atoms with van der Waals surface area (Å²) in [6, 6.07) is 0.206. The Morgan fingerprint density at radius 1 is 1.35 bits per heavy atom. The van der Waals surface area contributed by atoms with Gasteiger partial charge in [0.1, 0.15) is 0 Å². The van der Waals surface area contributed by atoms with Crippen molar-refractivity contribution in [3.8, 4) is 0 Å². The van der Waals surface area contributed by atoms with Gasteiger partial charge in [0.15, 0.2) is 5.96 Å². The minimum absolute atomic E-state index is 0.183. The van der Waals surface area contributed by atoms with Crippen molar-refractivity contribution >= 4 is 21.9 Å². The van der Waals surface area contributed by atoms with E-state index in [0.29, 0.717) is 38.4 Å². The minimum Gasteiger partial charge on any atom is -0.357 e. The Morgan fingerprint density at radius 3 is 2.70 bits per heavy atom. The highest BCUT2D eigenvalue weighted by Gasteiger charge is 2.25. The van der Waals surface area contributed by atoms with E-state index in [4.69, 9.17) is 0 Å². The van der Waals surface area contributed by atoms with Gasteiger partial charge in [-0.3, -0.25) is 9.79 Å². The first-order valence-corrected chi connectivity index (χ1v) is 10.0. The Bertz CT molecular complexity index is 507. The Hall–Kier alpha value is -1.35. The van der Waals surface area contributed by atoms with Crippen molar-refractivity contribution < 1.29 is 13.2 Å². The predicted octanol–water partition coefficient (Wildman–Crippen LogP) is -0.508. The Balaban J connectivity index is 2.39. The number of carbonyl (C=O) groups excluding carboxylic acids is 1. The van der Waals surface area contributed by atoms with Crippen molar-refractivity contribution in [2.45, 2.75) is 39.2 Å². The van der Waals surface area contributed by atoms with Gasteiger partial charge in [-0.15, -0.1) is 0 Å². The van der Waals surface area contributed by atoms with Crippen LogP contribution in [0.5, 0.6) is 0 Å². The molecule has 1 fully saturated rings. The summed E-state index contributed by atoms with van der Waals surface area (Å²) in [7, 11) is -3.14. The second-order valence-electron chi connectivity index (χ2n) is 5.60. The zero-order valence-corrected chi connectivity index (χ0v) is 15.1. The number of sulfonamides is 1. The number of rotatable bonds is 8. The molecule has 23 heavy (non-hydrogen) atoms. The number of nitrogens with zero attached hydrogens (tertiary/aromatic N) is 2. The van der Waals surface area contributed by atoms with Crippen LogP contribution in [0.15, 0.2) is 4.99 Å². The molecule has 1 saturated heterocycles. The number of guanidine groups is 1. The average Bonchev–Trinajstić information content (AvgIpc) is 2.93. The van der Waals surface area contributed by atoms with E-state index in [-0.39, 0.29) is 11.9 Å². The fourth-order valence-electron chi connectivity index (χ4n) is 2.37. The molecule has 3 N–H and O–H groups in total. The van der Waals surface area contributed by atoms with Crippen LogP contribution in [0.2, 0.25) is 0 Å². The first-order valence-electron chi connectivity index (χ1n) is 8.13. The summed E-state index contributed by atoms with van der Waals surface area (Å²) in [5, 5.41) is 6.51. The fourth-order valence-corrected chi connectivity index (χ4v) is 2.88. The van der Waals surface area contributed by atoms with E-state index in [1.165, 1.54) is 0 Å². The maximum Gasteiger partial charge on any atom is 0.222 e. The smallest absolute Gasteiger partial charge is 0.222 e. The van der Waals surface area contributed by atoms with Gasteiger partial charge in [0.2, 0.25) is 15.9 Å². The van der Waals surface area contributed by atoms with Gasteiger partial charge in [0.05, 0.1) is 6.26 Å². The van der Waals surface area contributed by atoms with Gasteiger partial charge in [-0.2, -0.15) is 0 Å². The standard InChI is InChI=1S/C14H29N5O3S/c1-4-13(20)19-10-7-12(11-19)18-14(15-5-2)16-8-6-9-17-23(3,21)22/h12,17H,4-11H2,1-3H3,(H2,15,16,18). The maximum atomic E-state index is 11.7. The molecule has 9 heteroatoms. The molecule has 0 aliphatic carbocycles. The highest BCUT2D eigenvalue weighted by Crippen LogP contribution is 2.10. The van der Waals surface area contributed by atoms with Crippen LogP contribution in [0.3, 0.4) is 0 Å². The van der Waals surface area contributed by atoms with E-state index in [1.54, 1.807) is 0 Å². The molecule has 1 amide bonds. The third kappa shape index (κ3) is 8.17. The van der Waals surface area contributed by atoms with Gasteiger partial charge in [-0.1, -0.05) is 6.92 Å². The van der Waals surface area contributed by atoms with E-state index in [9.17, 15) is 13.2 Å². The molecule has 0 spiro atoms. The molecule has 0 saturated carbocycles. The van der Waals surface area contributed by atoms with Crippen LogP contribution in [0.4, 0.5) is 0 Å². The number of carbonyl (C=O) groups is 1. The fraction of sp³-hybridized carbons (Fsp3) is 0.857. The van der Waals surface area contributed by atoms with Crippen molar-refractivity contribution in [3.63, 3.8) is 0 Å². The van der Waals surface area contributed by atoms with Crippen LogP contribution in [0.25, 0.3) is 0 Å². The first kappa shape index (κ1) is 19.7. The van der Waals surface area contributed by atoms with Gasteiger partial charge in [0.25, 0.3) is 0 Å². The number of amides is 1. The normalized spacial score (nSPS) is 19.0. The lowest BCUT2D eigenvalue weighted by atomic mass is 10.3. The maximum absolute atomic E-state index is 11.7. The number of hydrogen-bond donors (Lipinski definition) is 3. The Labute approximate surface area is 139 Å². The molecule has 1 rings (SSSR count). The van der Waals surface area contributed by atoms with Crippen molar-refractivity contribution in [1.29, 1.82) is 0 Å². The Kier molecular flexibility index (Phi) is 8.32. The molecule has 1 aliphatic heterocycles. The topological polar surface area (TPSA) is 103 Å². The molecule has 1 heterocycles. The van der Waals surface area contributed by atoms with E-state index < -0.39 is 10.0 Å². The highest BCUT2D eigenvalue weighted by molar-refractivity contribution is 7.88. The molecule has 0 bridgehead atoms. The van der Waals surface area contributed by atoms with Crippen LogP contribution in [0.1, 0.15) is 33.1 Å². The summed E-state index contributed by atoms with van der Waals surface area (Å²) < 4.78 is 24.4. The van der Waals surface area contributed by atoms with Gasteiger partial charge in [-0.25, -0.2) is 13.1 Å². The van der Waals surface area contributed by atoms with Crippen molar-refractivity contribution in [1.82, 2.24) is 20.3 Å². The molecule has 0 radical (unpaired) electrons. The van der Waals surface area contributed by atoms with Crippen LogP contribution < -0.4 is 15.4 Å². The van der Waals surface area contributed by atoms with Crippen LogP contribution in [-0.2, 0) is 14.8 Å². The number of likely N-dealkylation sites (tertiary alicyclic amines) is 1. The predicted molar refractivity (Wildman–Crippen MR) is 91.9 cm³/mol. The van der Waals surface area contributed by atoms with Crippen LogP contribution in [0, 0.1) is 0 Å². The largest absolute Gasteiger partial charge is 0.357 e. The second kappa shape index (κ2) is 9.71. The summed E-state index contributed by atoms with van der Waals surface area (Å²) >= 11 is 0. The lowest BCUT2D eigenvalue weighted by Gasteiger charge is -2.18. The van der Waals surface area contributed by atoms with Crippen LogP contribution in [-0.4, -0.2) is 70.2 Å². The van der Waals surface area contributed by atoms with E-state index in [2.05, 4.69) is 20.3 Å². The first-order chi connectivity index (χ1) is 10.9. The third-order valence-corrected chi connectivity index (χ3v) is 4.23. The number of nitrogens with one attached hydrogen (secondary N) is 3. The SMILES string of the molecule is CCNC(=NCCCNS(C)(=O)=O)NC1CCN(C(=O)CC)C1. The second-order valence-corrected chi connectivity index (χ2v) is 7.44. The van der Waals surface area contributed by atoms with E-state index in [0.717, 1.165) is 25.8 Å². The lowest BCUT2D eigenvalue weighted by molar-refractivity contribution is -0.129. The molecule has 1 atom stereocenters. The van der Waals surface area contributed by atoms with Gasteiger partial charge in [-0.05, 0) is 19.8 Å². The highest BCUT2D eigenvalue weighted by atomic mass is 32.2. The molecule has 8 nitrogen and oxygen atoms in total. The van der Waals surface area contributed by atoms with Gasteiger partial charge in [0, 0.05) is 45.2 Å². The quantitative estimate of drug-likeness (QED) is 0.312. The molecular weight excluding hydrogens is 318 g/mol. The van der Waals surface area contributed by atoms with E-state index in [1.807, 2.05) is 18.7 Å². The average molecular weight is 347 g/mol. The molecule has 1 unspecified atom stereocenters. The summed E-state index contributed by atoms with van der Waals surface area (Å²) in [6.45, 7) is 7.00. The minimum atomic E-state index is -3.14. The molecule has 0 aromatic carbocycles. The zero-order chi connectivity index (χ0) is 17.3. The van der Waals surface area contributed by atoms with Crippen LogP contribution >= 0.6 is 0 Å². The van der Waals surface area contributed by atoms with Gasteiger partial charge < -0.3 is 15.5 Å². The number of aliphatic imine (C=N–C) groups is 1. The summed E-state index contributed by atoms with van der Waals surface area (Å²) in [6.07, 6.45) is 3.22. The van der Waals surface area contributed by atoms with Crippen molar-refractivity contribution in [3.05, 3.63) is 0 Å². The molecule has 1 aliphatic rings. The molecule has 0 aromatic heterocycles. The van der Waals surface area contributed by atoms with E-state index >= 15 is 0 Å². The third-order valence-electron chi connectivity index (χ3n) is 3.50. The monoisotopic (exact) mass is 347 g/mol. The molecule has 134 valence electrons. The van der Waals surface area contributed by atoms with Gasteiger partial charge >= 0.3 is 0 Å². The molecule has 0 aromatic rings. The van der Waals surface area contributed by atoms with Crippen molar-refractivity contribution in [2.75, 3.05) is 39.0 Å². The lowest BCUT2D eigenvalue weighted by Crippen LogP contribution is -2.45. The summed E-state index contributed by atoms with van der Waals surface area (Å²) in [5.41, 5.74) is 0.